The fraction of sp³-hybridized carbons (Fsp3) is 0.111. The van der Waals surface area contributed by atoms with Crippen molar-refractivity contribution < 1.29 is 27.2 Å². The van der Waals surface area contributed by atoms with Gasteiger partial charge in [0, 0.05) is 30.4 Å². The van der Waals surface area contributed by atoms with E-state index < -0.39 is 34.9 Å². The first-order chi connectivity index (χ1) is 14.2. The molecule has 0 bridgehead atoms. The van der Waals surface area contributed by atoms with E-state index in [9.17, 15) is 27.2 Å². The molecule has 2 amide bonds. The summed E-state index contributed by atoms with van der Waals surface area (Å²) in [6, 6.07) is 2.78. The van der Waals surface area contributed by atoms with E-state index in [4.69, 9.17) is 0 Å². The van der Waals surface area contributed by atoms with Gasteiger partial charge in [-0.2, -0.15) is 13.2 Å². The van der Waals surface area contributed by atoms with Crippen LogP contribution in [0.1, 0.15) is 26.3 Å². The number of amides is 2. The lowest BCUT2D eigenvalue weighted by Crippen LogP contribution is -2.20. The molecule has 0 unspecified atom stereocenters. The van der Waals surface area contributed by atoms with Crippen molar-refractivity contribution in [3.05, 3.63) is 64.5 Å². The van der Waals surface area contributed by atoms with Crippen molar-refractivity contribution in [2.45, 2.75) is 6.18 Å². The number of aromatic nitrogens is 2. The third-order valence-corrected chi connectivity index (χ3v) is 4.46. The molecule has 12 heteroatoms. The molecule has 0 saturated carbocycles. The zero-order chi connectivity index (χ0) is 21.9. The first kappa shape index (κ1) is 21.2. The summed E-state index contributed by atoms with van der Waals surface area (Å²) in [6.45, 7) is 0. The van der Waals surface area contributed by atoms with Crippen molar-refractivity contribution >= 4 is 39.8 Å². The second kappa shape index (κ2) is 8.45. The minimum absolute atomic E-state index is 0.00544. The average Bonchev–Trinajstić information content (AvgIpc) is 3.20. The number of benzene rings is 1. The number of pyridine rings is 1. The highest BCUT2D eigenvalue weighted by atomic mass is 32.1. The number of rotatable bonds is 5. The zero-order valence-electron chi connectivity index (χ0n) is 15.2. The van der Waals surface area contributed by atoms with Gasteiger partial charge >= 0.3 is 6.18 Å². The number of thiazole rings is 1. The van der Waals surface area contributed by atoms with E-state index in [0.29, 0.717) is 23.3 Å². The maximum absolute atomic E-state index is 13.6. The largest absolute Gasteiger partial charge is 0.416 e. The van der Waals surface area contributed by atoms with Crippen LogP contribution in [0.25, 0.3) is 0 Å². The highest BCUT2D eigenvalue weighted by molar-refractivity contribution is 7.13. The second-order valence-electron chi connectivity index (χ2n) is 5.84. The second-order valence-corrected chi connectivity index (χ2v) is 6.74. The number of nitrogens with zero attached hydrogens (tertiary/aromatic N) is 2. The summed E-state index contributed by atoms with van der Waals surface area (Å²) in [6.07, 6.45) is -2.06. The van der Waals surface area contributed by atoms with Gasteiger partial charge < -0.3 is 16.0 Å². The maximum Gasteiger partial charge on any atom is 0.416 e. The summed E-state index contributed by atoms with van der Waals surface area (Å²) in [5.74, 6) is -2.63. The molecule has 2 heterocycles. The molecule has 0 aliphatic carbocycles. The summed E-state index contributed by atoms with van der Waals surface area (Å²) < 4.78 is 52.4. The molecule has 0 radical (unpaired) electrons. The Balaban J connectivity index is 1.96. The van der Waals surface area contributed by atoms with Gasteiger partial charge in [0.15, 0.2) is 10.9 Å². The highest BCUT2D eigenvalue weighted by Gasteiger charge is 2.32. The van der Waals surface area contributed by atoms with Crippen molar-refractivity contribution in [1.82, 2.24) is 15.3 Å². The van der Waals surface area contributed by atoms with E-state index in [1.807, 2.05) is 0 Å². The summed E-state index contributed by atoms with van der Waals surface area (Å²) in [5.41, 5.74) is -1.76. The Labute approximate surface area is 171 Å². The molecule has 2 aromatic heterocycles. The number of hydrogen-bond acceptors (Lipinski definition) is 6. The van der Waals surface area contributed by atoms with Crippen molar-refractivity contribution in [2.24, 2.45) is 0 Å². The number of halogens is 4. The number of carbonyl (C=O) groups is 2. The van der Waals surface area contributed by atoms with Gasteiger partial charge in [-0.05, 0) is 24.3 Å². The minimum atomic E-state index is -4.82. The number of hydrogen-bond donors (Lipinski definition) is 3. The van der Waals surface area contributed by atoms with Crippen molar-refractivity contribution in [2.75, 3.05) is 17.7 Å². The molecule has 3 aromatic rings. The van der Waals surface area contributed by atoms with Crippen LogP contribution < -0.4 is 16.0 Å². The first-order valence-electron chi connectivity index (χ1n) is 8.25. The number of anilines is 3. The molecule has 30 heavy (non-hydrogen) atoms. The lowest BCUT2D eigenvalue weighted by Gasteiger charge is -2.13. The van der Waals surface area contributed by atoms with E-state index in [2.05, 4.69) is 25.9 Å². The van der Waals surface area contributed by atoms with Crippen LogP contribution >= 0.6 is 11.3 Å². The first-order valence-corrected chi connectivity index (χ1v) is 9.13. The summed E-state index contributed by atoms with van der Waals surface area (Å²) >= 11 is 1.23. The van der Waals surface area contributed by atoms with Gasteiger partial charge in [0.25, 0.3) is 11.8 Å². The van der Waals surface area contributed by atoms with E-state index >= 15 is 0 Å². The Hall–Kier alpha value is -3.54. The predicted molar refractivity (Wildman–Crippen MR) is 102 cm³/mol. The summed E-state index contributed by atoms with van der Waals surface area (Å²) in [5, 5.41) is 9.70. The topological polar surface area (TPSA) is 96.0 Å². The molecule has 0 aliphatic rings. The van der Waals surface area contributed by atoms with Crippen LogP contribution in [0.15, 0.2) is 42.0 Å². The van der Waals surface area contributed by atoms with Crippen LogP contribution in [0.3, 0.4) is 0 Å². The molecule has 0 aliphatic heterocycles. The molecule has 0 fully saturated rings. The monoisotopic (exact) mass is 439 g/mol. The fourth-order valence-electron chi connectivity index (χ4n) is 2.39. The molecule has 0 spiro atoms. The van der Waals surface area contributed by atoms with Gasteiger partial charge in [0.05, 0.1) is 16.8 Å². The molecule has 0 atom stereocenters. The molecule has 1 aromatic carbocycles. The molecule has 0 saturated heterocycles. The molecule has 7 nitrogen and oxygen atoms in total. The standard InChI is InChI=1S/C18H13F4N5O2S/c1-23-15(28)10-6-13(14(25-8-10)27-17-24-2-3-30-17)26-16(29)9-4-11(18(20,21)22)7-12(19)5-9/h2-8H,1H3,(H,23,28)(H,26,29)(H,24,25,27). The van der Waals surface area contributed by atoms with E-state index in [1.165, 1.54) is 36.8 Å². The molecule has 156 valence electrons. The highest BCUT2D eigenvalue weighted by Crippen LogP contribution is 2.31. The van der Waals surface area contributed by atoms with E-state index in [0.717, 1.165) is 0 Å². The summed E-state index contributed by atoms with van der Waals surface area (Å²) in [4.78, 5) is 32.5. The zero-order valence-corrected chi connectivity index (χ0v) is 16.0. The van der Waals surface area contributed by atoms with E-state index in [-0.39, 0.29) is 17.1 Å². The normalized spacial score (nSPS) is 11.1. The summed E-state index contributed by atoms with van der Waals surface area (Å²) in [7, 11) is 1.40. The molecular weight excluding hydrogens is 426 g/mol. The number of alkyl halides is 3. The Kier molecular flexibility index (Phi) is 5.96. The van der Waals surface area contributed by atoms with Gasteiger partial charge in [0.1, 0.15) is 5.82 Å². The Morgan fingerprint density at radius 3 is 2.43 bits per heavy atom. The van der Waals surface area contributed by atoms with Crippen LogP contribution in [-0.4, -0.2) is 28.8 Å². The van der Waals surface area contributed by atoms with Crippen LogP contribution in [0.2, 0.25) is 0 Å². The smallest absolute Gasteiger partial charge is 0.355 e. The Morgan fingerprint density at radius 2 is 1.80 bits per heavy atom. The maximum atomic E-state index is 13.6. The van der Waals surface area contributed by atoms with Crippen LogP contribution in [0.4, 0.5) is 34.2 Å². The Morgan fingerprint density at radius 1 is 1.03 bits per heavy atom. The van der Waals surface area contributed by atoms with Gasteiger partial charge in [-0.3, -0.25) is 9.59 Å². The van der Waals surface area contributed by atoms with Gasteiger partial charge in [-0.15, -0.1) is 11.3 Å². The van der Waals surface area contributed by atoms with Crippen molar-refractivity contribution in [1.29, 1.82) is 0 Å². The minimum Gasteiger partial charge on any atom is -0.355 e. The van der Waals surface area contributed by atoms with Crippen LogP contribution in [-0.2, 0) is 6.18 Å². The van der Waals surface area contributed by atoms with Gasteiger partial charge in [0.2, 0.25) is 0 Å². The molecule has 3 N–H and O–H groups in total. The van der Waals surface area contributed by atoms with Crippen molar-refractivity contribution in [3.8, 4) is 0 Å². The molecule has 3 rings (SSSR count). The predicted octanol–water partition coefficient (Wildman–Crippen LogP) is 4.05. The third-order valence-electron chi connectivity index (χ3n) is 3.77. The van der Waals surface area contributed by atoms with Gasteiger partial charge in [-0.25, -0.2) is 14.4 Å². The average molecular weight is 439 g/mol. The van der Waals surface area contributed by atoms with Crippen LogP contribution in [0, 0.1) is 5.82 Å². The van der Waals surface area contributed by atoms with Gasteiger partial charge in [-0.1, -0.05) is 0 Å². The quantitative estimate of drug-likeness (QED) is 0.522. The van der Waals surface area contributed by atoms with Crippen molar-refractivity contribution in [3.63, 3.8) is 0 Å². The fourth-order valence-corrected chi connectivity index (χ4v) is 2.92. The van der Waals surface area contributed by atoms with Crippen LogP contribution in [0.5, 0.6) is 0 Å². The molecular formula is C18H13F4N5O2S. The SMILES string of the molecule is CNC(=O)c1cnc(Nc2nccs2)c(NC(=O)c2cc(F)cc(C(F)(F)F)c2)c1. The Bertz CT molecular complexity index is 1090. The third kappa shape index (κ3) is 4.89. The van der Waals surface area contributed by atoms with E-state index in [1.54, 1.807) is 5.38 Å². The number of nitrogens with one attached hydrogen (secondary N) is 3. The lowest BCUT2D eigenvalue weighted by molar-refractivity contribution is -0.137. The lowest BCUT2D eigenvalue weighted by atomic mass is 10.1. The number of carbonyl (C=O) groups excluding carboxylic acids is 2.